The summed E-state index contributed by atoms with van der Waals surface area (Å²) in [6.45, 7) is 1.04. The van der Waals surface area contributed by atoms with Gasteiger partial charge in [-0.2, -0.15) is 0 Å². The molecule has 1 unspecified atom stereocenters. The number of benzene rings is 1. The van der Waals surface area contributed by atoms with E-state index in [9.17, 15) is 26.4 Å². The molecule has 1 aliphatic heterocycles. The number of rotatable bonds is 3. The van der Waals surface area contributed by atoms with Crippen LogP contribution in [0.3, 0.4) is 0 Å². The van der Waals surface area contributed by atoms with E-state index in [1.165, 1.54) is 6.07 Å². The molecular weight excluding hydrogens is 371 g/mol. The summed E-state index contributed by atoms with van der Waals surface area (Å²) < 4.78 is 66.1. The van der Waals surface area contributed by atoms with Crippen molar-refractivity contribution in [3.05, 3.63) is 58.5 Å². The van der Waals surface area contributed by atoms with E-state index in [1.54, 1.807) is 13.0 Å². The summed E-state index contributed by atoms with van der Waals surface area (Å²) >= 11 is 0. The summed E-state index contributed by atoms with van der Waals surface area (Å²) in [6.07, 6.45) is 0.256. The standard InChI is InChI=1S/C16H14F3N3O3S/c1-8-4-9-2-3-14(21-15(9)22-26(8,24)25)16(23)20-7-11-12(18)5-10(17)6-13(11)19/h2-3,5-6,8H,4,7H2,1H3,(H,20,23)(H,21,22). The second-order valence-corrected chi connectivity index (χ2v) is 8.00. The zero-order valence-electron chi connectivity index (χ0n) is 13.5. The molecule has 26 heavy (non-hydrogen) atoms. The molecule has 0 fully saturated rings. The summed E-state index contributed by atoms with van der Waals surface area (Å²) in [4.78, 5) is 16.1. The highest BCUT2D eigenvalue weighted by atomic mass is 32.2. The predicted molar refractivity (Wildman–Crippen MR) is 87.4 cm³/mol. The Morgan fingerprint density at radius 3 is 2.58 bits per heavy atom. The minimum atomic E-state index is -3.57. The lowest BCUT2D eigenvalue weighted by Crippen LogP contribution is -2.33. The molecule has 2 heterocycles. The lowest BCUT2D eigenvalue weighted by Gasteiger charge is -2.22. The van der Waals surface area contributed by atoms with Gasteiger partial charge in [-0.15, -0.1) is 0 Å². The van der Waals surface area contributed by atoms with Crippen molar-refractivity contribution in [3.63, 3.8) is 0 Å². The highest BCUT2D eigenvalue weighted by Gasteiger charge is 2.29. The first-order valence-corrected chi connectivity index (χ1v) is 9.15. The molecule has 1 amide bonds. The third-order valence-electron chi connectivity index (χ3n) is 4.02. The number of halogens is 3. The fraction of sp³-hybridized carbons (Fsp3) is 0.250. The summed E-state index contributed by atoms with van der Waals surface area (Å²) in [7, 11) is -3.57. The van der Waals surface area contributed by atoms with E-state index >= 15 is 0 Å². The minimum Gasteiger partial charge on any atom is -0.346 e. The van der Waals surface area contributed by atoms with Gasteiger partial charge in [-0.3, -0.25) is 9.52 Å². The number of sulfonamides is 1. The first-order chi connectivity index (χ1) is 12.2. The number of anilines is 1. The smallest absolute Gasteiger partial charge is 0.270 e. The molecule has 138 valence electrons. The number of fused-ring (bicyclic) bond motifs is 1. The number of aromatic nitrogens is 1. The van der Waals surface area contributed by atoms with Crippen LogP contribution in [0.25, 0.3) is 0 Å². The molecule has 0 radical (unpaired) electrons. The highest BCUT2D eigenvalue weighted by Crippen LogP contribution is 2.25. The average molecular weight is 385 g/mol. The third kappa shape index (κ3) is 3.50. The van der Waals surface area contributed by atoms with Gasteiger partial charge in [0.05, 0.1) is 5.25 Å². The molecule has 2 aromatic rings. The Hall–Kier alpha value is -2.62. The molecule has 10 heteroatoms. The topological polar surface area (TPSA) is 88.2 Å². The van der Waals surface area contributed by atoms with Gasteiger partial charge in [0.2, 0.25) is 10.0 Å². The number of hydrogen-bond donors (Lipinski definition) is 2. The van der Waals surface area contributed by atoms with E-state index in [4.69, 9.17) is 0 Å². The molecule has 2 N–H and O–H groups in total. The summed E-state index contributed by atoms with van der Waals surface area (Å²) in [5.41, 5.74) is 0.0238. The Bertz CT molecular complexity index is 972. The van der Waals surface area contributed by atoms with E-state index in [2.05, 4.69) is 15.0 Å². The molecule has 3 rings (SSSR count). The number of nitrogens with one attached hydrogen (secondary N) is 2. The molecule has 0 saturated heterocycles. The van der Waals surface area contributed by atoms with E-state index in [-0.39, 0.29) is 17.9 Å². The normalized spacial score (nSPS) is 17.9. The number of carbonyl (C=O) groups is 1. The Morgan fingerprint density at radius 1 is 1.27 bits per heavy atom. The van der Waals surface area contributed by atoms with Gasteiger partial charge in [0.25, 0.3) is 5.91 Å². The van der Waals surface area contributed by atoms with Crippen molar-refractivity contribution in [3.8, 4) is 0 Å². The molecule has 6 nitrogen and oxygen atoms in total. The van der Waals surface area contributed by atoms with Crippen LogP contribution in [0.2, 0.25) is 0 Å². The van der Waals surface area contributed by atoms with Crippen LogP contribution in [0, 0.1) is 17.5 Å². The molecule has 0 saturated carbocycles. The number of hydrogen-bond acceptors (Lipinski definition) is 4. The van der Waals surface area contributed by atoms with Crippen molar-refractivity contribution in [2.24, 2.45) is 0 Å². The summed E-state index contributed by atoms with van der Waals surface area (Å²) in [5, 5.41) is 1.65. The summed E-state index contributed by atoms with van der Waals surface area (Å²) in [5.74, 6) is -4.01. The molecule has 0 bridgehead atoms. The van der Waals surface area contributed by atoms with Gasteiger partial charge in [0.1, 0.15) is 29.0 Å². The zero-order chi connectivity index (χ0) is 19.1. The number of pyridine rings is 1. The van der Waals surface area contributed by atoms with Crippen LogP contribution in [-0.2, 0) is 23.0 Å². The van der Waals surface area contributed by atoms with Crippen molar-refractivity contribution in [2.75, 3.05) is 4.72 Å². The SMILES string of the molecule is CC1Cc2ccc(C(=O)NCc3c(F)cc(F)cc3F)nc2NS1(=O)=O. The minimum absolute atomic E-state index is 0.0508. The largest absolute Gasteiger partial charge is 0.346 e. The quantitative estimate of drug-likeness (QED) is 0.847. The van der Waals surface area contributed by atoms with Crippen LogP contribution in [0.5, 0.6) is 0 Å². The van der Waals surface area contributed by atoms with Gasteiger partial charge in [-0.05, 0) is 25.0 Å². The number of amides is 1. The van der Waals surface area contributed by atoms with Crippen LogP contribution in [-0.4, -0.2) is 24.6 Å². The second-order valence-electron chi connectivity index (χ2n) is 5.90. The van der Waals surface area contributed by atoms with Gasteiger partial charge in [0.15, 0.2) is 0 Å². The van der Waals surface area contributed by atoms with Crippen molar-refractivity contribution >= 4 is 21.7 Å². The first-order valence-electron chi connectivity index (χ1n) is 7.60. The fourth-order valence-corrected chi connectivity index (χ4v) is 3.57. The van der Waals surface area contributed by atoms with Crippen molar-refractivity contribution in [2.45, 2.75) is 25.1 Å². The van der Waals surface area contributed by atoms with Crippen LogP contribution < -0.4 is 10.0 Å². The van der Waals surface area contributed by atoms with Gasteiger partial charge in [0, 0.05) is 24.2 Å². The van der Waals surface area contributed by atoms with Crippen LogP contribution in [0.15, 0.2) is 24.3 Å². The molecule has 0 spiro atoms. The fourth-order valence-electron chi connectivity index (χ4n) is 2.52. The van der Waals surface area contributed by atoms with E-state index in [0.29, 0.717) is 17.7 Å². The Morgan fingerprint density at radius 2 is 1.92 bits per heavy atom. The van der Waals surface area contributed by atoms with Crippen molar-refractivity contribution in [1.29, 1.82) is 0 Å². The molecule has 1 aliphatic rings. The first kappa shape index (κ1) is 18.2. The maximum atomic E-state index is 13.6. The molecular formula is C16H14F3N3O3S. The molecule has 1 aromatic carbocycles. The molecule has 1 aromatic heterocycles. The lowest BCUT2D eigenvalue weighted by atomic mass is 10.1. The van der Waals surface area contributed by atoms with E-state index < -0.39 is 50.7 Å². The second kappa shape index (κ2) is 6.60. The van der Waals surface area contributed by atoms with Gasteiger partial charge in [-0.1, -0.05) is 6.07 Å². The predicted octanol–water partition coefficient (Wildman–Crippen LogP) is 2.12. The maximum Gasteiger partial charge on any atom is 0.270 e. The van der Waals surface area contributed by atoms with E-state index in [1.807, 2.05) is 0 Å². The van der Waals surface area contributed by atoms with Gasteiger partial charge < -0.3 is 5.32 Å². The average Bonchev–Trinajstić information content (AvgIpc) is 2.54. The summed E-state index contributed by atoms with van der Waals surface area (Å²) in [6, 6.07) is 3.97. The van der Waals surface area contributed by atoms with Gasteiger partial charge >= 0.3 is 0 Å². The Balaban J connectivity index is 1.78. The van der Waals surface area contributed by atoms with Crippen molar-refractivity contribution < 1.29 is 26.4 Å². The van der Waals surface area contributed by atoms with Crippen LogP contribution in [0.4, 0.5) is 19.0 Å². The number of nitrogens with zero attached hydrogens (tertiary/aromatic N) is 1. The molecule has 1 atom stereocenters. The van der Waals surface area contributed by atoms with Crippen LogP contribution >= 0.6 is 0 Å². The third-order valence-corrected chi connectivity index (χ3v) is 5.72. The highest BCUT2D eigenvalue weighted by molar-refractivity contribution is 7.93. The molecule has 0 aliphatic carbocycles. The Labute approximate surface area is 147 Å². The Kier molecular flexibility index (Phi) is 4.61. The zero-order valence-corrected chi connectivity index (χ0v) is 14.3. The monoisotopic (exact) mass is 385 g/mol. The lowest BCUT2D eigenvalue weighted by molar-refractivity contribution is 0.0945. The van der Waals surface area contributed by atoms with E-state index in [0.717, 1.165) is 0 Å². The number of carbonyl (C=O) groups excluding carboxylic acids is 1. The van der Waals surface area contributed by atoms with Crippen LogP contribution in [0.1, 0.15) is 28.5 Å². The van der Waals surface area contributed by atoms with Crippen molar-refractivity contribution in [1.82, 2.24) is 10.3 Å². The van der Waals surface area contributed by atoms with Gasteiger partial charge in [-0.25, -0.2) is 26.6 Å². The maximum absolute atomic E-state index is 13.6.